The highest BCUT2D eigenvalue weighted by atomic mass is 16.7. The SMILES string of the molecule is N#Cc1cc2c(cc1OCc1ccccc1)OCO2. The number of hydrogen-bond acceptors (Lipinski definition) is 4. The number of fused-ring (bicyclic) bond motifs is 1. The molecule has 0 fully saturated rings. The van der Waals surface area contributed by atoms with E-state index >= 15 is 0 Å². The van der Waals surface area contributed by atoms with Gasteiger partial charge in [-0.25, -0.2) is 0 Å². The average Bonchev–Trinajstić information content (AvgIpc) is 2.92. The van der Waals surface area contributed by atoms with Crippen LogP contribution in [0.15, 0.2) is 42.5 Å². The van der Waals surface area contributed by atoms with Gasteiger partial charge in [0.05, 0.1) is 5.56 Å². The summed E-state index contributed by atoms with van der Waals surface area (Å²) in [6.07, 6.45) is 0. The fourth-order valence-corrected chi connectivity index (χ4v) is 1.87. The molecule has 4 heteroatoms. The molecule has 0 saturated heterocycles. The Balaban J connectivity index is 1.83. The first-order valence-electron chi connectivity index (χ1n) is 5.87. The van der Waals surface area contributed by atoms with E-state index in [1.165, 1.54) is 0 Å². The van der Waals surface area contributed by atoms with Gasteiger partial charge in [-0.3, -0.25) is 0 Å². The summed E-state index contributed by atoms with van der Waals surface area (Å²) in [6, 6.07) is 15.2. The molecule has 0 amide bonds. The fourth-order valence-electron chi connectivity index (χ4n) is 1.87. The Morgan fingerprint density at radius 1 is 1.11 bits per heavy atom. The zero-order chi connectivity index (χ0) is 13.1. The van der Waals surface area contributed by atoms with E-state index in [-0.39, 0.29) is 6.79 Å². The lowest BCUT2D eigenvalue weighted by Crippen LogP contribution is -1.97. The Kier molecular flexibility index (Phi) is 2.95. The van der Waals surface area contributed by atoms with Crippen molar-refractivity contribution < 1.29 is 14.2 Å². The molecule has 0 aliphatic carbocycles. The van der Waals surface area contributed by atoms with Gasteiger partial charge in [-0.2, -0.15) is 5.26 Å². The molecule has 0 radical (unpaired) electrons. The van der Waals surface area contributed by atoms with E-state index in [0.717, 1.165) is 5.56 Å². The second-order valence-corrected chi connectivity index (χ2v) is 4.09. The van der Waals surface area contributed by atoms with Crippen LogP contribution in [0.25, 0.3) is 0 Å². The van der Waals surface area contributed by atoms with Crippen molar-refractivity contribution in [1.29, 1.82) is 5.26 Å². The minimum atomic E-state index is 0.183. The summed E-state index contributed by atoms with van der Waals surface area (Å²) in [6.45, 7) is 0.595. The summed E-state index contributed by atoms with van der Waals surface area (Å²) in [5.74, 6) is 1.71. The topological polar surface area (TPSA) is 51.5 Å². The molecule has 2 aromatic rings. The van der Waals surface area contributed by atoms with Gasteiger partial charge < -0.3 is 14.2 Å². The zero-order valence-corrected chi connectivity index (χ0v) is 10.1. The van der Waals surface area contributed by atoms with E-state index in [1.807, 2.05) is 30.3 Å². The van der Waals surface area contributed by atoms with Crippen LogP contribution in [0, 0.1) is 11.3 Å². The Morgan fingerprint density at radius 2 is 1.84 bits per heavy atom. The number of ether oxygens (including phenoxy) is 3. The van der Waals surface area contributed by atoms with Crippen molar-refractivity contribution in [3.8, 4) is 23.3 Å². The zero-order valence-electron chi connectivity index (χ0n) is 10.1. The van der Waals surface area contributed by atoms with Crippen molar-refractivity contribution >= 4 is 0 Å². The third-order valence-corrected chi connectivity index (χ3v) is 2.83. The maximum Gasteiger partial charge on any atom is 0.231 e. The summed E-state index contributed by atoms with van der Waals surface area (Å²) in [5, 5.41) is 9.12. The number of rotatable bonds is 3. The van der Waals surface area contributed by atoms with Gasteiger partial charge in [0.1, 0.15) is 18.4 Å². The van der Waals surface area contributed by atoms with Crippen LogP contribution in [0.2, 0.25) is 0 Å². The van der Waals surface area contributed by atoms with Crippen LogP contribution in [0.4, 0.5) is 0 Å². The van der Waals surface area contributed by atoms with Gasteiger partial charge in [0.25, 0.3) is 0 Å². The summed E-state index contributed by atoms with van der Waals surface area (Å²) in [5.41, 5.74) is 1.49. The molecular formula is C15H11NO3. The van der Waals surface area contributed by atoms with E-state index in [4.69, 9.17) is 19.5 Å². The van der Waals surface area contributed by atoms with E-state index in [9.17, 15) is 0 Å². The predicted octanol–water partition coefficient (Wildman–Crippen LogP) is 2.87. The van der Waals surface area contributed by atoms with Crippen molar-refractivity contribution in [3.05, 3.63) is 53.6 Å². The number of nitriles is 1. The largest absolute Gasteiger partial charge is 0.487 e. The summed E-state index contributed by atoms with van der Waals surface area (Å²) in [4.78, 5) is 0. The molecule has 0 spiro atoms. The molecule has 19 heavy (non-hydrogen) atoms. The highest BCUT2D eigenvalue weighted by Crippen LogP contribution is 2.38. The predicted molar refractivity (Wildman–Crippen MR) is 68.1 cm³/mol. The van der Waals surface area contributed by atoms with Crippen LogP contribution in [0.5, 0.6) is 17.2 Å². The van der Waals surface area contributed by atoms with Crippen molar-refractivity contribution in [2.75, 3.05) is 6.79 Å². The molecule has 0 saturated carbocycles. The van der Waals surface area contributed by atoms with Crippen LogP contribution < -0.4 is 14.2 Å². The van der Waals surface area contributed by atoms with Gasteiger partial charge in [0, 0.05) is 12.1 Å². The molecule has 4 nitrogen and oxygen atoms in total. The Morgan fingerprint density at radius 3 is 2.58 bits per heavy atom. The average molecular weight is 253 g/mol. The normalized spacial score (nSPS) is 11.9. The van der Waals surface area contributed by atoms with Gasteiger partial charge in [-0.15, -0.1) is 0 Å². The molecule has 3 rings (SSSR count). The number of benzene rings is 2. The quantitative estimate of drug-likeness (QED) is 0.844. The Bertz CT molecular complexity index is 632. The van der Waals surface area contributed by atoms with Crippen LogP contribution in [0.1, 0.15) is 11.1 Å². The summed E-state index contributed by atoms with van der Waals surface area (Å²) < 4.78 is 16.2. The van der Waals surface area contributed by atoms with Gasteiger partial charge >= 0.3 is 0 Å². The van der Waals surface area contributed by atoms with Crippen LogP contribution in [0.3, 0.4) is 0 Å². The molecule has 1 heterocycles. The van der Waals surface area contributed by atoms with Gasteiger partial charge in [-0.05, 0) is 5.56 Å². The second-order valence-electron chi connectivity index (χ2n) is 4.09. The first-order chi connectivity index (χ1) is 9.36. The third-order valence-electron chi connectivity index (χ3n) is 2.83. The van der Waals surface area contributed by atoms with E-state index in [0.29, 0.717) is 29.4 Å². The molecule has 0 aromatic heterocycles. The minimum absolute atomic E-state index is 0.183. The van der Waals surface area contributed by atoms with Crippen molar-refractivity contribution in [2.45, 2.75) is 6.61 Å². The maximum absolute atomic E-state index is 9.12. The lowest BCUT2D eigenvalue weighted by Gasteiger charge is -2.08. The van der Waals surface area contributed by atoms with Gasteiger partial charge in [0.15, 0.2) is 11.5 Å². The summed E-state index contributed by atoms with van der Waals surface area (Å²) >= 11 is 0. The lowest BCUT2D eigenvalue weighted by molar-refractivity contribution is 0.173. The molecule has 1 aliphatic heterocycles. The fraction of sp³-hybridized carbons (Fsp3) is 0.133. The van der Waals surface area contributed by atoms with Crippen LogP contribution in [-0.4, -0.2) is 6.79 Å². The molecule has 1 aliphatic rings. The number of hydrogen-bond donors (Lipinski definition) is 0. The third kappa shape index (κ3) is 2.31. The van der Waals surface area contributed by atoms with Crippen molar-refractivity contribution in [3.63, 3.8) is 0 Å². The van der Waals surface area contributed by atoms with Crippen molar-refractivity contribution in [2.24, 2.45) is 0 Å². The monoisotopic (exact) mass is 253 g/mol. The summed E-state index contributed by atoms with van der Waals surface area (Å²) in [7, 11) is 0. The number of nitrogens with zero attached hydrogens (tertiary/aromatic N) is 1. The Hall–Kier alpha value is -2.67. The lowest BCUT2D eigenvalue weighted by atomic mass is 10.2. The van der Waals surface area contributed by atoms with Crippen LogP contribution in [-0.2, 0) is 6.61 Å². The first kappa shape index (κ1) is 11.4. The molecule has 0 N–H and O–H groups in total. The highest BCUT2D eigenvalue weighted by Gasteiger charge is 2.18. The molecule has 2 aromatic carbocycles. The van der Waals surface area contributed by atoms with E-state index < -0.39 is 0 Å². The first-order valence-corrected chi connectivity index (χ1v) is 5.87. The van der Waals surface area contributed by atoms with E-state index in [2.05, 4.69) is 6.07 Å². The highest BCUT2D eigenvalue weighted by molar-refractivity contribution is 5.56. The molecule has 0 bridgehead atoms. The van der Waals surface area contributed by atoms with Crippen LogP contribution >= 0.6 is 0 Å². The van der Waals surface area contributed by atoms with Crippen molar-refractivity contribution in [1.82, 2.24) is 0 Å². The molecule has 0 atom stereocenters. The smallest absolute Gasteiger partial charge is 0.231 e. The molecular weight excluding hydrogens is 242 g/mol. The minimum Gasteiger partial charge on any atom is -0.487 e. The van der Waals surface area contributed by atoms with Gasteiger partial charge in [0.2, 0.25) is 6.79 Å². The molecule has 94 valence electrons. The second kappa shape index (κ2) is 4.91. The molecule has 0 unspecified atom stereocenters. The van der Waals surface area contributed by atoms with E-state index in [1.54, 1.807) is 12.1 Å². The Labute approximate surface area is 110 Å². The standard InChI is InChI=1S/C15H11NO3/c16-8-12-6-14-15(19-10-18-14)7-13(12)17-9-11-4-2-1-3-5-11/h1-7H,9-10H2. The maximum atomic E-state index is 9.12. The van der Waals surface area contributed by atoms with Gasteiger partial charge in [-0.1, -0.05) is 30.3 Å².